The topological polar surface area (TPSA) is 70.0 Å². The Morgan fingerprint density at radius 3 is 2.41 bits per heavy atom. The van der Waals surface area contributed by atoms with Crippen LogP contribution >= 0.6 is 0 Å². The summed E-state index contributed by atoms with van der Waals surface area (Å²) < 4.78 is 27.4. The minimum absolute atomic E-state index is 0.166. The number of sulfonamides is 1. The van der Waals surface area contributed by atoms with E-state index in [2.05, 4.69) is 10.8 Å². The summed E-state index contributed by atoms with van der Waals surface area (Å²) in [6.45, 7) is 0. The molecule has 108 valence electrons. The van der Waals surface area contributed by atoms with Crippen molar-refractivity contribution in [3.05, 3.63) is 72.3 Å². The van der Waals surface area contributed by atoms with E-state index in [-0.39, 0.29) is 4.90 Å². The molecule has 0 amide bonds. The van der Waals surface area contributed by atoms with E-state index < -0.39 is 10.0 Å². The number of hydrogen-bond acceptors (Lipinski definition) is 3. The lowest BCUT2D eigenvalue weighted by atomic mass is 10.1. The van der Waals surface area contributed by atoms with Crippen molar-refractivity contribution >= 4 is 26.5 Å². The molecule has 0 aliphatic heterocycles. The fourth-order valence-electron chi connectivity index (χ4n) is 2.25. The van der Waals surface area contributed by atoms with Crippen LogP contribution in [0.2, 0.25) is 0 Å². The Morgan fingerprint density at radius 2 is 1.68 bits per heavy atom. The van der Waals surface area contributed by atoms with Gasteiger partial charge in [0, 0.05) is 5.69 Å². The summed E-state index contributed by atoms with van der Waals surface area (Å²) in [6, 6.07) is 20.8. The highest BCUT2D eigenvalue weighted by Crippen LogP contribution is 2.23. The number of benzene rings is 3. The summed E-state index contributed by atoms with van der Waals surface area (Å²) in [5.41, 5.74) is 1.03. The summed E-state index contributed by atoms with van der Waals surface area (Å²) in [6.07, 6.45) is 0. The molecule has 0 aliphatic carbocycles. The van der Waals surface area contributed by atoms with Crippen molar-refractivity contribution in [3.8, 4) is 6.07 Å². The Hall–Kier alpha value is -2.84. The Balaban J connectivity index is 2.05. The average Bonchev–Trinajstić information content (AvgIpc) is 2.54. The molecule has 0 saturated heterocycles. The maximum absolute atomic E-state index is 12.4. The molecule has 3 aromatic rings. The van der Waals surface area contributed by atoms with E-state index in [1.54, 1.807) is 54.6 Å². The lowest BCUT2D eigenvalue weighted by Gasteiger charge is -2.09. The van der Waals surface area contributed by atoms with Crippen LogP contribution in [0, 0.1) is 11.3 Å². The Morgan fingerprint density at radius 1 is 0.909 bits per heavy atom. The monoisotopic (exact) mass is 308 g/mol. The third kappa shape index (κ3) is 2.65. The van der Waals surface area contributed by atoms with Crippen LogP contribution in [0.15, 0.2) is 71.6 Å². The minimum Gasteiger partial charge on any atom is -0.280 e. The predicted octanol–water partition coefficient (Wildman–Crippen LogP) is 3.51. The molecule has 0 fully saturated rings. The molecular weight excluding hydrogens is 296 g/mol. The first kappa shape index (κ1) is 14.1. The van der Waals surface area contributed by atoms with E-state index in [0.29, 0.717) is 11.3 Å². The normalized spacial score (nSPS) is 11.0. The van der Waals surface area contributed by atoms with Gasteiger partial charge in [0.2, 0.25) is 0 Å². The zero-order chi connectivity index (χ0) is 15.6. The maximum atomic E-state index is 12.4. The van der Waals surface area contributed by atoms with Gasteiger partial charge < -0.3 is 0 Å². The second kappa shape index (κ2) is 5.51. The molecule has 0 heterocycles. The summed E-state index contributed by atoms with van der Waals surface area (Å²) in [7, 11) is -3.66. The van der Waals surface area contributed by atoms with Gasteiger partial charge in [-0.25, -0.2) is 8.42 Å². The van der Waals surface area contributed by atoms with Crippen molar-refractivity contribution in [2.24, 2.45) is 0 Å². The van der Waals surface area contributed by atoms with E-state index >= 15 is 0 Å². The number of para-hydroxylation sites is 1. The van der Waals surface area contributed by atoms with E-state index in [1.807, 2.05) is 6.07 Å². The largest absolute Gasteiger partial charge is 0.280 e. The molecule has 0 bridgehead atoms. The number of nitriles is 1. The van der Waals surface area contributed by atoms with E-state index in [0.717, 1.165) is 10.8 Å². The highest BCUT2D eigenvalue weighted by Gasteiger charge is 2.15. The van der Waals surface area contributed by atoms with Crippen molar-refractivity contribution in [1.82, 2.24) is 0 Å². The van der Waals surface area contributed by atoms with Crippen LogP contribution in [-0.2, 0) is 10.0 Å². The van der Waals surface area contributed by atoms with Crippen LogP contribution in [0.4, 0.5) is 5.69 Å². The third-order valence-corrected chi connectivity index (χ3v) is 4.69. The molecule has 5 heteroatoms. The molecule has 22 heavy (non-hydrogen) atoms. The number of fused-ring (bicyclic) bond motifs is 1. The fourth-order valence-corrected chi connectivity index (χ4v) is 3.34. The molecule has 4 nitrogen and oxygen atoms in total. The first-order valence-electron chi connectivity index (χ1n) is 6.61. The number of nitrogens with one attached hydrogen (secondary N) is 1. The second-order valence-corrected chi connectivity index (χ2v) is 6.45. The Bertz CT molecular complexity index is 974. The van der Waals surface area contributed by atoms with Crippen LogP contribution < -0.4 is 4.72 Å². The molecule has 0 radical (unpaired) electrons. The standard InChI is InChI=1S/C17H12N2O2S/c18-12-14-6-4-5-13-11-16(9-10-17(13)14)22(20,21)19-15-7-2-1-3-8-15/h1-11,19H. The van der Waals surface area contributed by atoms with Crippen molar-refractivity contribution < 1.29 is 8.42 Å². The lowest BCUT2D eigenvalue weighted by molar-refractivity contribution is 0.601. The fraction of sp³-hybridized carbons (Fsp3) is 0. The van der Waals surface area contributed by atoms with E-state index in [1.165, 1.54) is 6.07 Å². The smallest absolute Gasteiger partial charge is 0.261 e. The zero-order valence-corrected chi connectivity index (χ0v) is 12.3. The van der Waals surface area contributed by atoms with Crippen molar-refractivity contribution in [3.63, 3.8) is 0 Å². The van der Waals surface area contributed by atoms with Crippen LogP contribution in [0.3, 0.4) is 0 Å². The third-order valence-electron chi connectivity index (χ3n) is 3.31. The molecule has 0 saturated carbocycles. The van der Waals surface area contributed by atoms with Gasteiger partial charge in [0.25, 0.3) is 10.0 Å². The van der Waals surface area contributed by atoms with Crippen LogP contribution in [0.5, 0.6) is 0 Å². The molecule has 0 atom stereocenters. The van der Waals surface area contributed by atoms with Gasteiger partial charge in [0.05, 0.1) is 16.5 Å². The van der Waals surface area contributed by atoms with Gasteiger partial charge in [-0.1, -0.05) is 36.4 Å². The van der Waals surface area contributed by atoms with Gasteiger partial charge in [-0.15, -0.1) is 0 Å². The van der Waals surface area contributed by atoms with Gasteiger partial charge >= 0.3 is 0 Å². The van der Waals surface area contributed by atoms with Crippen molar-refractivity contribution in [1.29, 1.82) is 5.26 Å². The number of hydrogen-bond donors (Lipinski definition) is 1. The highest BCUT2D eigenvalue weighted by molar-refractivity contribution is 7.92. The summed E-state index contributed by atoms with van der Waals surface area (Å²) >= 11 is 0. The van der Waals surface area contributed by atoms with E-state index in [9.17, 15) is 8.42 Å². The van der Waals surface area contributed by atoms with Crippen LogP contribution in [-0.4, -0.2) is 8.42 Å². The maximum Gasteiger partial charge on any atom is 0.261 e. The quantitative estimate of drug-likeness (QED) is 0.805. The molecule has 0 unspecified atom stereocenters. The van der Waals surface area contributed by atoms with Gasteiger partial charge in [-0.2, -0.15) is 5.26 Å². The van der Waals surface area contributed by atoms with Gasteiger partial charge in [0.1, 0.15) is 0 Å². The number of anilines is 1. The average molecular weight is 308 g/mol. The Kier molecular flexibility index (Phi) is 3.53. The van der Waals surface area contributed by atoms with E-state index in [4.69, 9.17) is 5.26 Å². The Labute approximate surface area is 128 Å². The minimum atomic E-state index is -3.66. The van der Waals surface area contributed by atoms with Gasteiger partial charge in [0.15, 0.2) is 0 Å². The highest BCUT2D eigenvalue weighted by atomic mass is 32.2. The SMILES string of the molecule is N#Cc1cccc2cc(S(=O)(=O)Nc3ccccc3)ccc12. The summed E-state index contributed by atoms with van der Waals surface area (Å²) in [5.74, 6) is 0. The first-order chi connectivity index (χ1) is 10.6. The summed E-state index contributed by atoms with van der Waals surface area (Å²) in [5, 5.41) is 10.5. The molecule has 3 aromatic carbocycles. The van der Waals surface area contributed by atoms with Crippen molar-refractivity contribution in [2.45, 2.75) is 4.90 Å². The molecular formula is C17H12N2O2S. The summed E-state index contributed by atoms with van der Waals surface area (Å²) in [4.78, 5) is 0.166. The molecule has 0 spiro atoms. The zero-order valence-electron chi connectivity index (χ0n) is 11.5. The predicted molar refractivity (Wildman–Crippen MR) is 85.9 cm³/mol. The molecule has 3 rings (SSSR count). The van der Waals surface area contributed by atoms with Crippen LogP contribution in [0.1, 0.15) is 5.56 Å². The van der Waals surface area contributed by atoms with Gasteiger partial charge in [-0.05, 0) is 41.1 Å². The molecule has 0 aromatic heterocycles. The second-order valence-electron chi connectivity index (χ2n) is 4.77. The lowest BCUT2D eigenvalue weighted by Crippen LogP contribution is -2.12. The number of rotatable bonds is 3. The van der Waals surface area contributed by atoms with Crippen molar-refractivity contribution in [2.75, 3.05) is 4.72 Å². The molecule has 0 aliphatic rings. The van der Waals surface area contributed by atoms with Gasteiger partial charge in [-0.3, -0.25) is 4.72 Å². The molecule has 1 N–H and O–H groups in total. The first-order valence-corrected chi connectivity index (χ1v) is 8.09. The van der Waals surface area contributed by atoms with Crippen LogP contribution in [0.25, 0.3) is 10.8 Å². The number of nitrogens with zero attached hydrogens (tertiary/aromatic N) is 1.